The minimum Gasteiger partial charge on any atom is -0.364 e. The third-order valence-corrected chi connectivity index (χ3v) is 10.8. The molecule has 3 fully saturated rings. The first kappa shape index (κ1) is 30.7. The Kier molecular flexibility index (Phi) is 8.03. The molecule has 10 heteroatoms. The van der Waals surface area contributed by atoms with Crippen LogP contribution in [-0.4, -0.2) is 69.0 Å². The smallest absolute Gasteiger partial charge is 0.271 e. The maximum atomic E-state index is 13.5. The van der Waals surface area contributed by atoms with Gasteiger partial charge in [0.15, 0.2) is 11.5 Å². The first-order valence-electron chi connectivity index (χ1n) is 17.1. The zero-order valence-corrected chi connectivity index (χ0v) is 27.7. The second-order valence-corrected chi connectivity index (χ2v) is 14.8. The minimum absolute atomic E-state index is 0.0176. The van der Waals surface area contributed by atoms with Crippen LogP contribution in [0.25, 0.3) is 0 Å². The van der Waals surface area contributed by atoms with Crippen LogP contribution in [-0.2, 0) is 19.9 Å². The summed E-state index contributed by atoms with van der Waals surface area (Å²) in [6.07, 6.45) is 10.5. The average Bonchev–Trinajstić information content (AvgIpc) is 3.78. The molecule has 0 unspecified atom stereocenters. The largest absolute Gasteiger partial charge is 0.364 e. The van der Waals surface area contributed by atoms with Crippen molar-refractivity contribution in [2.45, 2.75) is 96.2 Å². The lowest BCUT2D eigenvalue weighted by molar-refractivity contribution is 0.0914. The van der Waals surface area contributed by atoms with Gasteiger partial charge >= 0.3 is 0 Å². The topological polar surface area (TPSA) is 121 Å². The van der Waals surface area contributed by atoms with Gasteiger partial charge in [0, 0.05) is 43.1 Å². The van der Waals surface area contributed by atoms with Crippen molar-refractivity contribution < 1.29 is 9.59 Å². The van der Waals surface area contributed by atoms with E-state index in [0.29, 0.717) is 17.6 Å². The van der Waals surface area contributed by atoms with Crippen LogP contribution in [0.15, 0.2) is 36.5 Å². The second kappa shape index (κ2) is 12.0. The van der Waals surface area contributed by atoms with Crippen LogP contribution in [0.1, 0.15) is 103 Å². The van der Waals surface area contributed by atoms with Crippen molar-refractivity contribution in [2.24, 2.45) is 18.2 Å². The molecule has 2 saturated heterocycles. The van der Waals surface area contributed by atoms with Crippen LogP contribution in [0, 0.1) is 5.41 Å². The van der Waals surface area contributed by atoms with Crippen molar-refractivity contribution >= 4 is 29.1 Å². The van der Waals surface area contributed by atoms with Crippen molar-refractivity contribution in [1.82, 2.24) is 24.8 Å². The number of anilines is 3. The number of benzene rings is 1. The van der Waals surface area contributed by atoms with Crippen molar-refractivity contribution in [3.05, 3.63) is 64.7 Å². The number of hydrogen-bond donors (Lipinski definition) is 3. The molecule has 0 radical (unpaired) electrons. The van der Waals surface area contributed by atoms with E-state index in [1.165, 1.54) is 55.6 Å². The van der Waals surface area contributed by atoms with Gasteiger partial charge in [0.1, 0.15) is 11.5 Å². The number of hydrogen-bond acceptors (Lipinski definition) is 7. The number of piperidine rings is 2. The number of fused-ring (bicyclic) bond motifs is 1. The number of rotatable bonds is 8. The van der Waals surface area contributed by atoms with E-state index in [0.717, 1.165) is 49.7 Å². The fraction of sp³-hybridized carbons (Fsp3) is 0.556. The molecule has 4 N–H and O–H groups in total. The highest BCUT2D eigenvalue weighted by Gasteiger charge is 2.35. The van der Waals surface area contributed by atoms with E-state index in [4.69, 9.17) is 10.7 Å². The minimum atomic E-state index is -0.629. The quantitative estimate of drug-likeness (QED) is 0.326. The van der Waals surface area contributed by atoms with Gasteiger partial charge in [-0.1, -0.05) is 26.0 Å². The summed E-state index contributed by atoms with van der Waals surface area (Å²) in [5.74, 6) is 0.906. The molecule has 3 aromatic rings. The van der Waals surface area contributed by atoms with Gasteiger partial charge in [0.25, 0.3) is 11.8 Å². The summed E-state index contributed by atoms with van der Waals surface area (Å²) in [6, 6.07) is 11.3. The van der Waals surface area contributed by atoms with Crippen LogP contribution in [0.2, 0.25) is 0 Å². The highest BCUT2D eigenvalue weighted by atomic mass is 16.2. The second-order valence-electron chi connectivity index (χ2n) is 14.8. The summed E-state index contributed by atoms with van der Waals surface area (Å²) in [5, 5.41) is 6.64. The van der Waals surface area contributed by atoms with Crippen molar-refractivity contribution in [1.29, 1.82) is 0 Å². The van der Waals surface area contributed by atoms with Gasteiger partial charge in [-0.05, 0) is 112 Å². The highest BCUT2D eigenvalue weighted by molar-refractivity contribution is 5.96. The molecule has 0 bridgehead atoms. The molecule has 1 aromatic carbocycles. The first-order valence-corrected chi connectivity index (χ1v) is 17.1. The van der Waals surface area contributed by atoms with Gasteiger partial charge in [0.2, 0.25) is 0 Å². The molecule has 10 nitrogen and oxygen atoms in total. The summed E-state index contributed by atoms with van der Waals surface area (Å²) in [7, 11) is 2.00. The Morgan fingerprint density at radius 3 is 2.41 bits per heavy atom. The molecule has 1 saturated carbocycles. The van der Waals surface area contributed by atoms with E-state index in [9.17, 15) is 9.59 Å². The molecule has 7 rings (SSSR count). The number of likely N-dealkylation sites (tertiary alicyclic amines) is 1. The Morgan fingerprint density at radius 2 is 1.74 bits per heavy atom. The Bertz CT molecular complexity index is 1620. The number of primary amides is 1. The monoisotopic (exact) mass is 624 g/mol. The predicted molar refractivity (Wildman–Crippen MR) is 181 cm³/mol. The molecule has 4 aliphatic rings. The van der Waals surface area contributed by atoms with Crippen LogP contribution in [0.3, 0.4) is 0 Å². The van der Waals surface area contributed by atoms with Crippen LogP contribution in [0.4, 0.5) is 17.3 Å². The van der Waals surface area contributed by atoms with Crippen molar-refractivity contribution in [3.63, 3.8) is 0 Å². The highest BCUT2D eigenvalue weighted by Crippen LogP contribution is 2.38. The number of nitrogens with two attached hydrogens (primary N) is 1. The Hall–Kier alpha value is -3.92. The summed E-state index contributed by atoms with van der Waals surface area (Å²) in [4.78, 5) is 40.0. The van der Waals surface area contributed by atoms with Crippen molar-refractivity contribution in [2.75, 3.05) is 29.9 Å². The number of carbonyl (C=O) groups excluding carboxylic acids is 2. The molecular weight excluding hydrogens is 576 g/mol. The molecule has 2 aliphatic carbocycles. The lowest BCUT2D eigenvalue weighted by Crippen LogP contribution is -2.54. The zero-order chi connectivity index (χ0) is 32.2. The normalized spacial score (nSPS) is 23.3. The number of nitrogens with zero attached hydrogens (tertiary/aromatic N) is 5. The molecule has 4 heterocycles. The van der Waals surface area contributed by atoms with E-state index >= 15 is 0 Å². The standard InChI is InChI=1S/C36H48N8O2/c1-22-28(40-35(46)29-18-25-19-36(2,3)20-30(25)42(29)4)6-5-15-44(22)31-21-38-32(33(37)45)34(41-31)39-26-9-7-23(8-10-26)24-13-16-43(17-14-24)27-11-12-27/h7-10,18,21-22,24,27-28H,5-6,11-17,19-20H2,1-4H3,(H2,37,45)(H,39,41)(H,40,46)/t22-,28-/m1/s1. The first-order chi connectivity index (χ1) is 22.1. The molecule has 2 aliphatic heterocycles. The van der Waals surface area contributed by atoms with Crippen molar-refractivity contribution in [3.8, 4) is 0 Å². The Balaban J connectivity index is 1.03. The third-order valence-electron chi connectivity index (χ3n) is 10.8. The Morgan fingerprint density at radius 1 is 1.00 bits per heavy atom. The summed E-state index contributed by atoms with van der Waals surface area (Å²) >= 11 is 0. The lowest BCUT2D eigenvalue weighted by Gasteiger charge is -2.40. The Labute approximate surface area is 272 Å². The van der Waals surface area contributed by atoms with E-state index in [1.807, 2.05) is 7.05 Å². The fourth-order valence-electron chi connectivity index (χ4n) is 8.04. The molecule has 2 atom stereocenters. The van der Waals surface area contributed by atoms with Crippen LogP contribution < -0.4 is 21.3 Å². The van der Waals surface area contributed by atoms with Gasteiger partial charge < -0.3 is 30.7 Å². The van der Waals surface area contributed by atoms with Crippen LogP contribution in [0.5, 0.6) is 0 Å². The molecule has 2 aromatic heterocycles. The van der Waals surface area contributed by atoms with E-state index in [-0.39, 0.29) is 29.1 Å². The molecule has 244 valence electrons. The number of aromatic nitrogens is 3. The number of nitrogens with one attached hydrogen (secondary N) is 2. The van der Waals surface area contributed by atoms with Gasteiger partial charge in [-0.3, -0.25) is 9.59 Å². The fourth-order valence-corrected chi connectivity index (χ4v) is 8.04. The summed E-state index contributed by atoms with van der Waals surface area (Å²) in [6.45, 7) is 9.82. The SMILES string of the molecule is C[C@@H]1[C@H](NC(=O)c2cc3c(n2C)CC(C)(C)C3)CCCN1c1cnc(C(N)=O)c(Nc2ccc(C3CCN(C4CC4)CC3)cc2)n1. The molecule has 0 spiro atoms. The lowest BCUT2D eigenvalue weighted by atomic mass is 9.89. The van der Waals surface area contributed by atoms with Gasteiger partial charge in [0.05, 0.1) is 6.20 Å². The average molecular weight is 625 g/mol. The summed E-state index contributed by atoms with van der Waals surface area (Å²) < 4.78 is 2.07. The van der Waals surface area contributed by atoms with E-state index < -0.39 is 5.91 Å². The van der Waals surface area contributed by atoms with E-state index in [1.54, 1.807) is 6.20 Å². The van der Waals surface area contributed by atoms with Gasteiger partial charge in [-0.15, -0.1) is 0 Å². The van der Waals surface area contributed by atoms with E-state index in [2.05, 4.69) is 81.1 Å². The molecule has 46 heavy (non-hydrogen) atoms. The summed E-state index contributed by atoms with van der Waals surface area (Å²) in [5.41, 5.74) is 11.5. The predicted octanol–water partition coefficient (Wildman–Crippen LogP) is 4.91. The number of amides is 2. The van der Waals surface area contributed by atoms with Gasteiger partial charge in [-0.2, -0.15) is 0 Å². The zero-order valence-electron chi connectivity index (χ0n) is 27.7. The third kappa shape index (κ3) is 6.11. The van der Waals surface area contributed by atoms with Gasteiger partial charge in [-0.25, -0.2) is 9.97 Å². The van der Waals surface area contributed by atoms with Crippen LogP contribution >= 0.6 is 0 Å². The maximum absolute atomic E-state index is 13.5. The molecule has 2 amide bonds. The molecular formula is C36H48N8O2. The maximum Gasteiger partial charge on any atom is 0.271 e. The number of carbonyl (C=O) groups is 2.